The summed E-state index contributed by atoms with van der Waals surface area (Å²) in [6.45, 7) is 8.43. The normalized spacial score (nSPS) is 11.0. The number of carbonyl (C=O) groups excluding carboxylic acids is 1. The summed E-state index contributed by atoms with van der Waals surface area (Å²) in [7, 11) is 3.19. The van der Waals surface area contributed by atoms with E-state index in [1.165, 1.54) is 11.1 Å². The molecule has 2 aromatic carbocycles. The lowest BCUT2D eigenvalue weighted by Crippen LogP contribution is -2.02. The van der Waals surface area contributed by atoms with Crippen molar-refractivity contribution in [2.75, 3.05) is 14.2 Å². The van der Waals surface area contributed by atoms with E-state index in [-0.39, 0.29) is 5.78 Å². The second-order valence-electron chi connectivity index (χ2n) is 7.37. The Morgan fingerprint density at radius 2 is 1.64 bits per heavy atom. The number of ketones is 1. The van der Waals surface area contributed by atoms with Crippen LogP contribution in [0.25, 0.3) is 6.08 Å². The maximum absolute atomic E-state index is 12.8. The van der Waals surface area contributed by atoms with E-state index in [1.807, 2.05) is 24.3 Å². The third-order valence-corrected chi connectivity index (χ3v) is 4.63. The van der Waals surface area contributed by atoms with E-state index in [1.54, 1.807) is 26.4 Å². The predicted molar refractivity (Wildman–Crippen MR) is 117 cm³/mol. The van der Waals surface area contributed by atoms with Gasteiger partial charge in [0.25, 0.3) is 0 Å². The summed E-state index contributed by atoms with van der Waals surface area (Å²) in [5.74, 6) is 1.63. The molecule has 2 rings (SSSR count). The second kappa shape index (κ2) is 9.93. The fourth-order valence-corrected chi connectivity index (χ4v) is 2.88. The molecule has 0 heterocycles. The molecule has 0 N–H and O–H groups in total. The highest BCUT2D eigenvalue weighted by atomic mass is 16.5. The van der Waals surface area contributed by atoms with Crippen molar-refractivity contribution in [1.29, 1.82) is 0 Å². The van der Waals surface area contributed by atoms with Gasteiger partial charge in [0.1, 0.15) is 11.5 Å². The van der Waals surface area contributed by atoms with E-state index in [0.29, 0.717) is 23.7 Å². The molecule has 0 radical (unpaired) electrons. The highest BCUT2D eigenvalue weighted by molar-refractivity contribution is 6.09. The van der Waals surface area contributed by atoms with Crippen molar-refractivity contribution < 1.29 is 14.3 Å². The second-order valence-corrected chi connectivity index (χ2v) is 7.37. The van der Waals surface area contributed by atoms with Crippen LogP contribution in [0.5, 0.6) is 11.5 Å². The molecule has 3 nitrogen and oxygen atoms in total. The van der Waals surface area contributed by atoms with Crippen LogP contribution in [0.1, 0.15) is 60.7 Å². The van der Waals surface area contributed by atoms with Gasteiger partial charge in [-0.15, -0.1) is 0 Å². The standard InChI is InChI=1S/C25H30O3/c1-17(2)7-11-21-15-22(25(28-6)16-24(21)27-5)23(26)14-10-19-8-12-20(13-9-19)18(3)4/h7-10,12-16,18H,11H2,1-6H3/b14-10+. The molecule has 0 bridgehead atoms. The Hall–Kier alpha value is -2.81. The van der Waals surface area contributed by atoms with Gasteiger partial charge in [-0.25, -0.2) is 0 Å². The molecule has 0 fully saturated rings. The zero-order chi connectivity index (χ0) is 20.7. The fraction of sp³-hybridized carbons (Fsp3) is 0.320. The van der Waals surface area contributed by atoms with E-state index in [0.717, 1.165) is 16.9 Å². The summed E-state index contributed by atoms with van der Waals surface area (Å²) in [6.07, 6.45) is 6.26. The molecule has 2 aromatic rings. The van der Waals surface area contributed by atoms with E-state index in [2.05, 4.69) is 45.9 Å². The molecule has 0 aromatic heterocycles. The van der Waals surface area contributed by atoms with Crippen molar-refractivity contribution in [3.63, 3.8) is 0 Å². The summed E-state index contributed by atoms with van der Waals surface area (Å²) in [4.78, 5) is 12.8. The molecule has 0 saturated heterocycles. The Kier molecular flexibility index (Phi) is 7.62. The first-order chi connectivity index (χ1) is 13.3. The molecule has 0 spiro atoms. The molecule has 0 amide bonds. The van der Waals surface area contributed by atoms with E-state index in [4.69, 9.17) is 9.47 Å². The Morgan fingerprint density at radius 1 is 1.00 bits per heavy atom. The van der Waals surface area contributed by atoms with Crippen molar-refractivity contribution in [1.82, 2.24) is 0 Å². The molecular weight excluding hydrogens is 348 g/mol. The van der Waals surface area contributed by atoms with Crippen molar-refractivity contribution >= 4 is 11.9 Å². The minimum atomic E-state index is -0.0918. The number of ether oxygens (including phenoxy) is 2. The van der Waals surface area contributed by atoms with Gasteiger partial charge < -0.3 is 9.47 Å². The average Bonchev–Trinajstić information content (AvgIpc) is 2.69. The Morgan fingerprint density at radius 3 is 2.18 bits per heavy atom. The lowest BCUT2D eigenvalue weighted by Gasteiger charge is -2.13. The first kappa shape index (κ1) is 21.5. The van der Waals surface area contributed by atoms with Gasteiger partial charge in [-0.3, -0.25) is 4.79 Å². The number of methoxy groups -OCH3 is 2. The molecule has 0 aliphatic heterocycles. The monoisotopic (exact) mass is 378 g/mol. The maximum Gasteiger partial charge on any atom is 0.189 e. The predicted octanol–water partition coefficient (Wildman–Crippen LogP) is 6.23. The average molecular weight is 379 g/mol. The van der Waals surface area contributed by atoms with E-state index in [9.17, 15) is 4.79 Å². The highest BCUT2D eigenvalue weighted by Crippen LogP contribution is 2.30. The zero-order valence-corrected chi connectivity index (χ0v) is 17.7. The van der Waals surface area contributed by atoms with Crippen molar-refractivity contribution in [3.8, 4) is 11.5 Å². The zero-order valence-electron chi connectivity index (χ0n) is 17.7. The van der Waals surface area contributed by atoms with Crippen molar-refractivity contribution in [2.24, 2.45) is 0 Å². The minimum absolute atomic E-state index is 0.0918. The number of hydrogen-bond donors (Lipinski definition) is 0. The van der Waals surface area contributed by atoms with Gasteiger partial charge in [0.15, 0.2) is 5.78 Å². The largest absolute Gasteiger partial charge is 0.496 e. The van der Waals surface area contributed by atoms with E-state index >= 15 is 0 Å². The molecule has 0 aliphatic carbocycles. The topological polar surface area (TPSA) is 35.5 Å². The first-order valence-electron chi connectivity index (χ1n) is 9.56. The number of rotatable bonds is 8. The highest BCUT2D eigenvalue weighted by Gasteiger charge is 2.15. The van der Waals surface area contributed by atoms with Gasteiger partial charge in [0.05, 0.1) is 19.8 Å². The number of benzene rings is 2. The van der Waals surface area contributed by atoms with Crippen LogP contribution in [0.3, 0.4) is 0 Å². The summed E-state index contributed by atoms with van der Waals surface area (Å²) in [5.41, 5.74) is 4.99. The molecular formula is C25H30O3. The van der Waals surface area contributed by atoms with Gasteiger partial charge in [0, 0.05) is 6.07 Å². The molecule has 148 valence electrons. The summed E-state index contributed by atoms with van der Waals surface area (Å²) in [6, 6.07) is 11.9. The lowest BCUT2D eigenvalue weighted by atomic mass is 10.00. The van der Waals surface area contributed by atoms with Gasteiger partial charge in [-0.05, 0) is 55.0 Å². The first-order valence-corrected chi connectivity index (χ1v) is 9.56. The SMILES string of the molecule is COc1cc(OC)c(C(=O)/C=C/c2ccc(C(C)C)cc2)cc1CC=C(C)C. The summed E-state index contributed by atoms with van der Waals surface area (Å²) >= 11 is 0. The van der Waals surface area contributed by atoms with Crippen LogP contribution in [0, 0.1) is 0 Å². The third kappa shape index (κ3) is 5.59. The molecule has 28 heavy (non-hydrogen) atoms. The minimum Gasteiger partial charge on any atom is -0.496 e. The van der Waals surface area contributed by atoms with Crippen LogP contribution in [0.4, 0.5) is 0 Å². The van der Waals surface area contributed by atoms with Gasteiger partial charge in [0.2, 0.25) is 0 Å². The van der Waals surface area contributed by atoms with Crippen LogP contribution in [-0.4, -0.2) is 20.0 Å². The number of hydrogen-bond acceptors (Lipinski definition) is 3. The molecule has 0 unspecified atom stereocenters. The quantitative estimate of drug-likeness (QED) is 0.310. The van der Waals surface area contributed by atoms with Gasteiger partial charge >= 0.3 is 0 Å². The summed E-state index contributed by atoms with van der Waals surface area (Å²) in [5, 5.41) is 0. The van der Waals surface area contributed by atoms with Crippen LogP contribution >= 0.6 is 0 Å². The maximum atomic E-state index is 12.8. The Labute approximate surface area is 168 Å². The Balaban J connectivity index is 2.32. The molecule has 0 atom stereocenters. The smallest absolute Gasteiger partial charge is 0.189 e. The Bertz CT molecular complexity index is 867. The van der Waals surface area contributed by atoms with Crippen molar-refractivity contribution in [3.05, 3.63) is 76.4 Å². The molecule has 0 aliphatic rings. The molecule has 3 heteroatoms. The fourth-order valence-electron chi connectivity index (χ4n) is 2.88. The van der Waals surface area contributed by atoms with Crippen LogP contribution in [0.15, 0.2) is 54.1 Å². The number of carbonyl (C=O) groups is 1. The molecule has 0 saturated carbocycles. The van der Waals surface area contributed by atoms with Crippen molar-refractivity contribution in [2.45, 2.75) is 40.0 Å². The van der Waals surface area contributed by atoms with Gasteiger partial charge in [-0.1, -0.05) is 55.8 Å². The van der Waals surface area contributed by atoms with E-state index < -0.39 is 0 Å². The van der Waals surface area contributed by atoms with Crippen LogP contribution in [-0.2, 0) is 6.42 Å². The lowest BCUT2D eigenvalue weighted by molar-refractivity contribution is 0.104. The number of allylic oxidation sites excluding steroid dienone is 3. The summed E-state index contributed by atoms with van der Waals surface area (Å²) < 4.78 is 10.9. The van der Waals surface area contributed by atoms with Crippen LogP contribution < -0.4 is 9.47 Å². The third-order valence-electron chi connectivity index (χ3n) is 4.63. The van der Waals surface area contributed by atoms with Gasteiger partial charge in [-0.2, -0.15) is 0 Å². The van der Waals surface area contributed by atoms with Crippen LogP contribution in [0.2, 0.25) is 0 Å².